The van der Waals surface area contributed by atoms with Crippen LogP contribution < -0.4 is 10.9 Å². The molecule has 3 rings (SSSR count). The molecule has 3 aromatic rings. The van der Waals surface area contributed by atoms with Crippen molar-refractivity contribution in [2.75, 3.05) is 7.05 Å². The predicted molar refractivity (Wildman–Crippen MR) is 111 cm³/mol. The van der Waals surface area contributed by atoms with Gasteiger partial charge in [-0.2, -0.15) is 0 Å². The smallest absolute Gasteiger partial charge is 0.253 e. The van der Waals surface area contributed by atoms with Gasteiger partial charge in [-0.3, -0.25) is 4.79 Å². The van der Waals surface area contributed by atoms with Gasteiger partial charge in [-0.05, 0) is 61.0 Å². The highest BCUT2D eigenvalue weighted by atomic mass is 32.1. The van der Waals surface area contributed by atoms with Crippen molar-refractivity contribution in [2.24, 2.45) is 0 Å². The van der Waals surface area contributed by atoms with Crippen LogP contribution in [0.5, 0.6) is 0 Å². The summed E-state index contributed by atoms with van der Waals surface area (Å²) in [5.41, 5.74) is 4.43. The van der Waals surface area contributed by atoms with E-state index < -0.39 is 0 Å². The van der Waals surface area contributed by atoms with Crippen LogP contribution in [0.15, 0.2) is 47.3 Å². The van der Waals surface area contributed by atoms with E-state index in [0.717, 1.165) is 27.6 Å². The zero-order chi connectivity index (χ0) is 19.6. The number of benzene rings is 2. The van der Waals surface area contributed by atoms with Crippen LogP contribution in [0.4, 0.5) is 4.39 Å². The first-order valence-electron chi connectivity index (χ1n) is 8.72. The third-order valence-electron chi connectivity index (χ3n) is 4.67. The van der Waals surface area contributed by atoms with Crippen molar-refractivity contribution < 1.29 is 4.39 Å². The molecule has 0 saturated heterocycles. The Labute approximate surface area is 163 Å². The van der Waals surface area contributed by atoms with E-state index in [1.165, 1.54) is 12.1 Å². The van der Waals surface area contributed by atoms with Crippen LogP contribution in [0, 0.1) is 19.7 Å². The average molecular weight is 383 g/mol. The molecule has 0 aliphatic heterocycles. The number of hydrogen-bond donors (Lipinski definition) is 2. The van der Waals surface area contributed by atoms with Gasteiger partial charge in [-0.1, -0.05) is 24.3 Å². The van der Waals surface area contributed by atoms with Crippen LogP contribution in [0.1, 0.15) is 22.3 Å². The highest BCUT2D eigenvalue weighted by molar-refractivity contribution is 7.80. The summed E-state index contributed by atoms with van der Waals surface area (Å²) in [6, 6.07) is 12.3. The fraction of sp³-hybridized carbons (Fsp3) is 0.238. The molecule has 27 heavy (non-hydrogen) atoms. The van der Waals surface area contributed by atoms with Gasteiger partial charge in [0, 0.05) is 24.5 Å². The molecule has 0 aliphatic rings. The standard InChI is InChI=1S/C21H22FN3OS/c1-13-4-5-14(2)19-18(13)10-16(20(26)24-19)12-25(21(27)23-3)11-15-6-8-17(22)9-7-15/h4-10H,11-12H2,1-3H3,(H,23,27)(H,24,26). The van der Waals surface area contributed by atoms with E-state index in [1.807, 2.05) is 36.9 Å². The summed E-state index contributed by atoms with van der Waals surface area (Å²) in [7, 11) is 1.75. The van der Waals surface area contributed by atoms with Crippen molar-refractivity contribution in [3.8, 4) is 0 Å². The Morgan fingerprint density at radius 3 is 2.44 bits per heavy atom. The maximum atomic E-state index is 13.2. The molecule has 0 bridgehead atoms. The van der Waals surface area contributed by atoms with Gasteiger partial charge in [0.15, 0.2) is 5.11 Å². The molecule has 1 aromatic heterocycles. The molecule has 2 aromatic carbocycles. The summed E-state index contributed by atoms with van der Waals surface area (Å²) in [4.78, 5) is 17.5. The summed E-state index contributed by atoms with van der Waals surface area (Å²) in [5.74, 6) is -0.279. The van der Waals surface area contributed by atoms with Crippen molar-refractivity contribution in [1.82, 2.24) is 15.2 Å². The normalized spacial score (nSPS) is 10.8. The van der Waals surface area contributed by atoms with Crippen molar-refractivity contribution in [2.45, 2.75) is 26.9 Å². The Balaban J connectivity index is 1.97. The van der Waals surface area contributed by atoms with Crippen molar-refractivity contribution >= 4 is 28.2 Å². The zero-order valence-electron chi connectivity index (χ0n) is 15.6. The van der Waals surface area contributed by atoms with Gasteiger partial charge in [-0.15, -0.1) is 0 Å². The molecular weight excluding hydrogens is 361 g/mol. The molecule has 6 heteroatoms. The van der Waals surface area contributed by atoms with Gasteiger partial charge in [-0.25, -0.2) is 4.39 Å². The minimum atomic E-state index is -0.279. The van der Waals surface area contributed by atoms with E-state index in [-0.39, 0.29) is 11.4 Å². The quantitative estimate of drug-likeness (QED) is 0.673. The Morgan fingerprint density at radius 2 is 1.78 bits per heavy atom. The second-order valence-electron chi connectivity index (χ2n) is 6.65. The minimum absolute atomic E-state index is 0.126. The monoisotopic (exact) mass is 383 g/mol. The van der Waals surface area contributed by atoms with Gasteiger partial charge in [0.1, 0.15) is 5.82 Å². The average Bonchev–Trinajstić information content (AvgIpc) is 2.66. The number of rotatable bonds is 4. The van der Waals surface area contributed by atoms with E-state index >= 15 is 0 Å². The summed E-state index contributed by atoms with van der Waals surface area (Å²) < 4.78 is 13.2. The predicted octanol–water partition coefficient (Wildman–Crippen LogP) is 3.79. The molecule has 0 saturated carbocycles. The lowest BCUT2D eigenvalue weighted by Crippen LogP contribution is -2.38. The van der Waals surface area contributed by atoms with E-state index in [4.69, 9.17) is 12.2 Å². The lowest BCUT2D eigenvalue weighted by Gasteiger charge is -2.25. The van der Waals surface area contributed by atoms with E-state index in [2.05, 4.69) is 10.3 Å². The lowest BCUT2D eigenvalue weighted by molar-refractivity contribution is 0.400. The molecule has 0 spiro atoms. The maximum absolute atomic E-state index is 13.2. The summed E-state index contributed by atoms with van der Waals surface area (Å²) in [5, 5.41) is 4.52. The van der Waals surface area contributed by atoms with Crippen LogP contribution in [0.25, 0.3) is 10.9 Å². The first-order valence-corrected chi connectivity index (χ1v) is 9.13. The summed E-state index contributed by atoms with van der Waals surface area (Å²) in [6.45, 7) is 4.84. The third-order valence-corrected chi connectivity index (χ3v) is 5.13. The molecule has 0 amide bonds. The number of aromatic nitrogens is 1. The minimum Gasteiger partial charge on any atom is -0.366 e. The number of thiocarbonyl (C=S) groups is 1. The fourth-order valence-corrected chi connectivity index (χ4v) is 3.24. The first kappa shape index (κ1) is 19.0. The van der Waals surface area contributed by atoms with Crippen LogP contribution in [0.2, 0.25) is 0 Å². The number of halogens is 1. The molecule has 0 aliphatic carbocycles. The number of aryl methyl sites for hydroxylation is 2. The molecule has 2 N–H and O–H groups in total. The van der Waals surface area contributed by atoms with Crippen LogP contribution in [0.3, 0.4) is 0 Å². The molecular formula is C21H22FN3OS. The number of fused-ring (bicyclic) bond motifs is 1. The second kappa shape index (κ2) is 7.88. The summed E-state index contributed by atoms with van der Waals surface area (Å²) in [6.07, 6.45) is 0. The van der Waals surface area contributed by atoms with Crippen LogP contribution in [-0.4, -0.2) is 22.0 Å². The zero-order valence-corrected chi connectivity index (χ0v) is 16.4. The number of H-pyrrole nitrogens is 1. The largest absolute Gasteiger partial charge is 0.366 e. The SMILES string of the molecule is CNC(=S)N(Cc1ccc(F)cc1)Cc1cc2c(C)ccc(C)c2[nH]c1=O. The van der Waals surface area contributed by atoms with Gasteiger partial charge < -0.3 is 15.2 Å². The number of aromatic amines is 1. The van der Waals surface area contributed by atoms with E-state index in [0.29, 0.717) is 23.8 Å². The Hall–Kier alpha value is -2.73. The molecule has 0 radical (unpaired) electrons. The number of nitrogens with zero attached hydrogens (tertiary/aromatic N) is 1. The van der Waals surface area contributed by atoms with Gasteiger partial charge in [0.2, 0.25) is 0 Å². The fourth-order valence-electron chi connectivity index (χ4n) is 3.11. The molecule has 140 valence electrons. The topological polar surface area (TPSA) is 48.1 Å². The molecule has 0 fully saturated rings. The summed E-state index contributed by atoms with van der Waals surface area (Å²) >= 11 is 5.41. The van der Waals surface area contributed by atoms with Crippen molar-refractivity contribution in [3.05, 3.63) is 80.9 Å². The maximum Gasteiger partial charge on any atom is 0.253 e. The highest BCUT2D eigenvalue weighted by Crippen LogP contribution is 2.20. The van der Waals surface area contributed by atoms with Gasteiger partial charge in [0.05, 0.1) is 12.1 Å². The Morgan fingerprint density at radius 1 is 1.11 bits per heavy atom. The Kier molecular flexibility index (Phi) is 5.56. The van der Waals surface area contributed by atoms with Gasteiger partial charge in [0.25, 0.3) is 5.56 Å². The van der Waals surface area contributed by atoms with E-state index in [1.54, 1.807) is 19.2 Å². The third kappa shape index (κ3) is 4.17. The number of nitrogens with one attached hydrogen (secondary N) is 2. The van der Waals surface area contributed by atoms with Crippen LogP contribution in [-0.2, 0) is 13.1 Å². The highest BCUT2D eigenvalue weighted by Gasteiger charge is 2.14. The molecule has 4 nitrogen and oxygen atoms in total. The number of hydrogen-bond acceptors (Lipinski definition) is 2. The second-order valence-corrected chi connectivity index (χ2v) is 7.04. The van der Waals surface area contributed by atoms with Crippen molar-refractivity contribution in [1.29, 1.82) is 0 Å². The van der Waals surface area contributed by atoms with E-state index in [9.17, 15) is 9.18 Å². The van der Waals surface area contributed by atoms with Gasteiger partial charge >= 0.3 is 0 Å². The molecule has 0 atom stereocenters. The molecule has 0 unspecified atom stereocenters. The number of pyridine rings is 1. The Bertz CT molecular complexity index is 1040. The lowest BCUT2D eigenvalue weighted by atomic mass is 10.0. The first-order chi connectivity index (χ1) is 12.9. The van der Waals surface area contributed by atoms with Crippen LogP contribution >= 0.6 is 12.2 Å². The van der Waals surface area contributed by atoms with Crippen molar-refractivity contribution in [3.63, 3.8) is 0 Å². The molecule has 1 heterocycles.